The van der Waals surface area contributed by atoms with Crippen molar-refractivity contribution in [2.24, 2.45) is 7.05 Å². The van der Waals surface area contributed by atoms with Gasteiger partial charge in [-0.15, -0.1) is 0 Å². The molecule has 1 aliphatic rings. The fourth-order valence-corrected chi connectivity index (χ4v) is 2.05. The summed E-state index contributed by atoms with van der Waals surface area (Å²) in [5.74, 6) is -0.419. The number of hydrogen-bond acceptors (Lipinski definition) is 5. The van der Waals surface area contributed by atoms with Crippen LogP contribution in [0.2, 0.25) is 0 Å². The summed E-state index contributed by atoms with van der Waals surface area (Å²) in [6, 6.07) is 0. The first-order valence-electron chi connectivity index (χ1n) is 6.74. The molecular weight excluding hydrogens is 259 g/mol. The van der Waals surface area contributed by atoms with E-state index in [-0.39, 0.29) is 0 Å². The van der Waals surface area contributed by atoms with E-state index in [4.69, 9.17) is 14.0 Å². The molecule has 110 valence electrons. The van der Waals surface area contributed by atoms with Crippen LogP contribution in [0.25, 0.3) is 0 Å². The number of carbonyl (C=O) groups excluding carboxylic acids is 1. The second-order valence-electron chi connectivity index (χ2n) is 5.88. The first-order chi connectivity index (χ1) is 9.19. The van der Waals surface area contributed by atoms with Gasteiger partial charge >= 0.3 is 13.1 Å². The number of hydrogen-bond donors (Lipinski definition) is 0. The van der Waals surface area contributed by atoms with Crippen LogP contribution in [-0.4, -0.2) is 40.7 Å². The van der Waals surface area contributed by atoms with E-state index in [1.807, 2.05) is 27.7 Å². The van der Waals surface area contributed by atoms with Gasteiger partial charge in [0.05, 0.1) is 17.8 Å². The Hall–Kier alpha value is -1.34. The molecule has 2 heterocycles. The molecule has 0 N–H and O–H groups in total. The molecule has 1 saturated heterocycles. The van der Waals surface area contributed by atoms with E-state index < -0.39 is 24.3 Å². The summed E-state index contributed by atoms with van der Waals surface area (Å²) in [4.78, 5) is 12.0. The van der Waals surface area contributed by atoms with Crippen LogP contribution < -0.4 is 5.46 Å². The molecule has 0 unspecified atom stereocenters. The van der Waals surface area contributed by atoms with Crippen LogP contribution in [0.4, 0.5) is 0 Å². The highest BCUT2D eigenvalue weighted by atomic mass is 16.7. The number of carbonyl (C=O) groups is 1. The predicted molar refractivity (Wildman–Crippen MR) is 74.9 cm³/mol. The SMILES string of the molecule is CCOC(=O)c1c(B2OC(C)(C)C(C)(C)O2)cnn1C. The zero-order valence-corrected chi connectivity index (χ0v) is 12.9. The van der Waals surface area contributed by atoms with Crippen molar-refractivity contribution in [3.63, 3.8) is 0 Å². The maximum Gasteiger partial charge on any atom is 0.498 e. The number of ether oxygens (including phenoxy) is 1. The lowest BCUT2D eigenvalue weighted by Gasteiger charge is -2.32. The van der Waals surface area contributed by atoms with E-state index >= 15 is 0 Å². The first kappa shape index (κ1) is 15.1. The van der Waals surface area contributed by atoms with Crippen molar-refractivity contribution in [2.75, 3.05) is 6.61 Å². The third-order valence-corrected chi connectivity index (χ3v) is 3.94. The molecule has 0 aliphatic carbocycles. The molecule has 0 spiro atoms. The van der Waals surface area contributed by atoms with E-state index in [9.17, 15) is 4.79 Å². The molecule has 1 aromatic heterocycles. The van der Waals surface area contributed by atoms with E-state index in [1.54, 1.807) is 20.2 Å². The lowest BCUT2D eigenvalue weighted by Crippen LogP contribution is -2.41. The normalized spacial score (nSPS) is 20.2. The number of nitrogens with zero attached hydrogens (tertiary/aromatic N) is 2. The highest BCUT2D eigenvalue weighted by Gasteiger charge is 2.53. The molecular formula is C13H21BN2O4. The minimum absolute atomic E-state index is 0.312. The maximum atomic E-state index is 12.0. The maximum absolute atomic E-state index is 12.0. The monoisotopic (exact) mass is 280 g/mol. The molecule has 1 aromatic rings. The Morgan fingerprint density at radius 1 is 1.35 bits per heavy atom. The predicted octanol–water partition coefficient (Wildman–Crippen LogP) is 0.896. The fraction of sp³-hybridized carbons (Fsp3) is 0.692. The van der Waals surface area contributed by atoms with Gasteiger partial charge in [0.1, 0.15) is 5.69 Å². The minimum Gasteiger partial charge on any atom is -0.461 e. The highest BCUT2D eigenvalue weighted by molar-refractivity contribution is 6.63. The molecule has 0 saturated carbocycles. The Kier molecular flexibility index (Phi) is 3.68. The number of rotatable bonds is 3. The summed E-state index contributed by atoms with van der Waals surface area (Å²) < 4.78 is 18.4. The Bertz CT molecular complexity index is 508. The molecule has 0 atom stereocenters. The van der Waals surface area contributed by atoms with Gasteiger partial charge in [-0.25, -0.2) is 4.79 Å². The van der Waals surface area contributed by atoms with Crippen molar-refractivity contribution < 1.29 is 18.8 Å². The number of aromatic nitrogens is 2. The number of aryl methyl sites for hydroxylation is 1. The Morgan fingerprint density at radius 3 is 2.40 bits per heavy atom. The average Bonchev–Trinajstić information content (AvgIpc) is 2.78. The zero-order valence-electron chi connectivity index (χ0n) is 12.9. The van der Waals surface area contributed by atoms with E-state index in [0.29, 0.717) is 17.8 Å². The second-order valence-corrected chi connectivity index (χ2v) is 5.88. The van der Waals surface area contributed by atoms with Crippen molar-refractivity contribution in [2.45, 2.75) is 45.8 Å². The lowest BCUT2D eigenvalue weighted by atomic mass is 9.79. The Morgan fingerprint density at radius 2 is 1.90 bits per heavy atom. The summed E-state index contributed by atoms with van der Waals surface area (Å²) in [7, 11) is 1.08. The van der Waals surface area contributed by atoms with Crippen molar-refractivity contribution >= 4 is 18.6 Å². The van der Waals surface area contributed by atoms with Gasteiger partial charge in [-0.1, -0.05) is 0 Å². The van der Waals surface area contributed by atoms with Gasteiger partial charge in [0.15, 0.2) is 0 Å². The quantitative estimate of drug-likeness (QED) is 0.608. The molecule has 1 aliphatic heterocycles. The van der Waals surface area contributed by atoms with Crippen molar-refractivity contribution in [3.8, 4) is 0 Å². The van der Waals surface area contributed by atoms with Crippen LogP contribution in [0.1, 0.15) is 45.1 Å². The minimum atomic E-state index is -0.617. The summed E-state index contributed by atoms with van der Waals surface area (Å²) in [5.41, 5.74) is 0.0498. The molecule has 0 radical (unpaired) electrons. The smallest absolute Gasteiger partial charge is 0.461 e. The van der Waals surface area contributed by atoms with Gasteiger partial charge in [0.25, 0.3) is 0 Å². The van der Waals surface area contributed by atoms with E-state index in [0.717, 1.165) is 0 Å². The fourth-order valence-electron chi connectivity index (χ4n) is 2.05. The molecule has 2 rings (SSSR count). The van der Waals surface area contributed by atoms with Crippen LogP contribution in [0.5, 0.6) is 0 Å². The van der Waals surface area contributed by atoms with Crippen LogP contribution in [-0.2, 0) is 21.1 Å². The van der Waals surface area contributed by atoms with Gasteiger partial charge in [0.2, 0.25) is 0 Å². The van der Waals surface area contributed by atoms with Gasteiger partial charge in [-0.2, -0.15) is 5.10 Å². The summed E-state index contributed by atoms with van der Waals surface area (Å²) in [6.45, 7) is 9.94. The van der Waals surface area contributed by atoms with Gasteiger partial charge in [-0.05, 0) is 34.6 Å². The van der Waals surface area contributed by atoms with E-state index in [1.165, 1.54) is 4.68 Å². The molecule has 0 aromatic carbocycles. The molecule has 0 bridgehead atoms. The van der Waals surface area contributed by atoms with Crippen LogP contribution in [0, 0.1) is 0 Å². The van der Waals surface area contributed by atoms with Crippen molar-refractivity contribution in [1.29, 1.82) is 0 Å². The van der Waals surface area contributed by atoms with E-state index in [2.05, 4.69) is 5.10 Å². The second kappa shape index (κ2) is 4.89. The third-order valence-electron chi connectivity index (χ3n) is 3.94. The summed E-state index contributed by atoms with van der Waals surface area (Å²) in [5, 5.41) is 4.12. The van der Waals surface area contributed by atoms with Crippen LogP contribution >= 0.6 is 0 Å². The average molecular weight is 280 g/mol. The number of esters is 1. The molecule has 7 heteroatoms. The Balaban J connectivity index is 2.34. The lowest BCUT2D eigenvalue weighted by molar-refractivity contribution is 0.00578. The van der Waals surface area contributed by atoms with Gasteiger partial charge in [0, 0.05) is 18.7 Å². The van der Waals surface area contributed by atoms with Gasteiger partial charge in [-0.3, -0.25) is 4.68 Å². The zero-order chi connectivity index (χ0) is 15.1. The van der Waals surface area contributed by atoms with Gasteiger partial charge < -0.3 is 14.0 Å². The highest BCUT2D eigenvalue weighted by Crippen LogP contribution is 2.36. The van der Waals surface area contributed by atoms with Crippen LogP contribution in [0.15, 0.2) is 6.20 Å². The standard InChI is InChI=1S/C13H21BN2O4/c1-7-18-11(17)10-9(8-15-16(10)6)14-19-12(2,3)13(4,5)20-14/h8H,7H2,1-6H3. The molecule has 6 nitrogen and oxygen atoms in total. The van der Waals surface area contributed by atoms with Crippen molar-refractivity contribution in [1.82, 2.24) is 9.78 Å². The largest absolute Gasteiger partial charge is 0.498 e. The third kappa shape index (κ3) is 2.36. The Labute approximate surface area is 119 Å². The first-order valence-corrected chi connectivity index (χ1v) is 6.74. The van der Waals surface area contributed by atoms with Crippen LogP contribution in [0.3, 0.4) is 0 Å². The molecule has 1 fully saturated rings. The topological polar surface area (TPSA) is 62.6 Å². The summed E-state index contributed by atoms with van der Waals surface area (Å²) in [6.07, 6.45) is 1.59. The molecule has 0 amide bonds. The van der Waals surface area contributed by atoms with Crippen molar-refractivity contribution in [3.05, 3.63) is 11.9 Å². The molecule has 20 heavy (non-hydrogen) atoms. The summed E-state index contributed by atoms with van der Waals surface area (Å²) >= 11 is 0.